The van der Waals surface area contributed by atoms with Crippen LogP contribution in [0.1, 0.15) is 26.2 Å². The van der Waals surface area contributed by atoms with Crippen molar-refractivity contribution in [1.29, 1.82) is 5.26 Å². The molecule has 0 amide bonds. The molecule has 0 saturated carbocycles. The lowest BCUT2D eigenvalue weighted by molar-refractivity contribution is 0.190. The van der Waals surface area contributed by atoms with E-state index in [-0.39, 0.29) is 5.54 Å². The van der Waals surface area contributed by atoms with Gasteiger partial charge in [0.05, 0.1) is 6.07 Å². The second-order valence-electron chi connectivity index (χ2n) is 3.14. The van der Waals surface area contributed by atoms with Gasteiger partial charge in [-0.25, -0.2) is 0 Å². The minimum Gasteiger partial charge on any atom is -0.385 e. The molecule has 3 heteroatoms. The van der Waals surface area contributed by atoms with E-state index in [1.54, 1.807) is 7.11 Å². The Labute approximate surface area is 74.7 Å². The number of methoxy groups -OCH3 is 1. The summed E-state index contributed by atoms with van der Waals surface area (Å²) in [7, 11) is 3.51. The molecule has 0 bridgehead atoms. The van der Waals surface area contributed by atoms with Gasteiger partial charge in [-0.1, -0.05) is 0 Å². The van der Waals surface area contributed by atoms with Crippen molar-refractivity contribution in [2.24, 2.45) is 0 Å². The number of hydrogen-bond donors (Lipinski definition) is 1. The largest absolute Gasteiger partial charge is 0.385 e. The molecular formula is C9H18N2O. The van der Waals surface area contributed by atoms with Gasteiger partial charge in [0.15, 0.2) is 0 Å². The average molecular weight is 170 g/mol. The van der Waals surface area contributed by atoms with Crippen molar-refractivity contribution in [1.82, 2.24) is 5.32 Å². The lowest BCUT2D eigenvalue weighted by Crippen LogP contribution is -2.37. The van der Waals surface area contributed by atoms with E-state index in [1.165, 1.54) is 0 Å². The highest BCUT2D eigenvalue weighted by molar-refractivity contribution is 5.02. The molecule has 0 aromatic rings. The molecule has 0 aliphatic rings. The van der Waals surface area contributed by atoms with E-state index >= 15 is 0 Å². The van der Waals surface area contributed by atoms with Crippen LogP contribution < -0.4 is 5.32 Å². The fourth-order valence-corrected chi connectivity index (χ4v) is 0.962. The van der Waals surface area contributed by atoms with Crippen LogP contribution in [-0.4, -0.2) is 26.3 Å². The van der Waals surface area contributed by atoms with E-state index in [2.05, 4.69) is 11.4 Å². The van der Waals surface area contributed by atoms with Crippen LogP contribution in [0.3, 0.4) is 0 Å². The molecule has 1 unspecified atom stereocenters. The number of unbranched alkanes of at least 4 members (excludes halogenated alkanes) is 1. The van der Waals surface area contributed by atoms with Gasteiger partial charge in [0.2, 0.25) is 0 Å². The fourth-order valence-electron chi connectivity index (χ4n) is 0.962. The van der Waals surface area contributed by atoms with Crippen LogP contribution >= 0.6 is 0 Å². The average Bonchev–Trinajstić information content (AvgIpc) is 2.12. The first-order valence-corrected chi connectivity index (χ1v) is 4.27. The molecule has 0 radical (unpaired) electrons. The lowest BCUT2D eigenvalue weighted by atomic mass is 9.97. The molecule has 1 N–H and O–H groups in total. The Morgan fingerprint density at radius 2 is 2.17 bits per heavy atom. The molecule has 0 aliphatic carbocycles. The summed E-state index contributed by atoms with van der Waals surface area (Å²) in [5, 5.41) is 11.8. The molecule has 70 valence electrons. The summed E-state index contributed by atoms with van der Waals surface area (Å²) in [6, 6.07) is 2.25. The highest BCUT2D eigenvalue weighted by atomic mass is 16.5. The second-order valence-corrected chi connectivity index (χ2v) is 3.14. The summed E-state index contributed by atoms with van der Waals surface area (Å²) < 4.78 is 4.92. The Balaban J connectivity index is 3.54. The van der Waals surface area contributed by atoms with Gasteiger partial charge >= 0.3 is 0 Å². The van der Waals surface area contributed by atoms with E-state index in [4.69, 9.17) is 10.00 Å². The van der Waals surface area contributed by atoms with E-state index in [0.717, 1.165) is 25.9 Å². The molecule has 0 rings (SSSR count). The van der Waals surface area contributed by atoms with Crippen LogP contribution in [0.25, 0.3) is 0 Å². The molecule has 0 aliphatic heterocycles. The standard InChI is InChI=1S/C9H18N2O/c1-9(8-10,11-2)6-4-5-7-12-3/h11H,4-7H2,1-3H3. The number of hydrogen-bond acceptors (Lipinski definition) is 3. The molecule has 0 fully saturated rings. The maximum Gasteiger partial charge on any atom is 0.103 e. The minimum atomic E-state index is -0.367. The second kappa shape index (κ2) is 5.99. The Bertz CT molecular complexity index is 153. The SMILES string of the molecule is CNC(C)(C#N)CCCCOC. The van der Waals surface area contributed by atoms with Crippen molar-refractivity contribution in [2.75, 3.05) is 20.8 Å². The summed E-state index contributed by atoms with van der Waals surface area (Å²) in [6.07, 6.45) is 2.93. The predicted molar refractivity (Wildman–Crippen MR) is 48.8 cm³/mol. The molecule has 0 heterocycles. The van der Waals surface area contributed by atoms with Crippen LogP contribution in [0.5, 0.6) is 0 Å². The topological polar surface area (TPSA) is 45.0 Å². The monoisotopic (exact) mass is 170 g/mol. The molecule has 0 spiro atoms. The zero-order valence-corrected chi connectivity index (χ0v) is 8.18. The number of nitrogens with zero attached hydrogens (tertiary/aromatic N) is 1. The number of nitriles is 1. The van der Waals surface area contributed by atoms with Crippen molar-refractivity contribution < 1.29 is 4.74 Å². The molecular weight excluding hydrogens is 152 g/mol. The van der Waals surface area contributed by atoms with Crippen LogP contribution in [0, 0.1) is 11.3 Å². The Morgan fingerprint density at radius 1 is 1.50 bits per heavy atom. The van der Waals surface area contributed by atoms with Crippen molar-refractivity contribution >= 4 is 0 Å². The highest BCUT2D eigenvalue weighted by Gasteiger charge is 2.19. The molecule has 0 aromatic carbocycles. The third-order valence-corrected chi connectivity index (χ3v) is 2.07. The van der Waals surface area contributed by atoms with Crippen LogP contribution in [0.15, 0.2) is 0 Å². The van der Waals surface area contributed by atoms with Gasteiger partial charge in [-0.05, 0) is 33.2 Å². The summed E-state index contributed by atoms with van der Waals surface area (Å²) in [5.41, 5.74) is -0.367. The van der Waals surface area contributed by atoms with E-state index in [0.29, 0.717) is 0 Å². The Hall–Kier alpha value is -0.590. The summed E-state index contributed by atoms with van der Waals surface area (Å²) >= 11 is 0. The summed E-state index contributed by atoms with van der Waals surface area (Å²) in [5.74, 6) is 0. The zero-order valence-electron chi connectivity index (χ0n) is 8.18. The molecule has 0 saturated heterocycles. The van der Waals surface area contributed by atoms with Gasteiger partial charge in [-0.3, -0.25) is 0 Å². The van der Waals surface area contributed by atoms with E-state index in [1.807, 2.05) is 14.0 Å². The third-order valence-electron chi connectivity index (χ3n) is 2.07. The quantitative estimate of drug-likeness (QED) is 0.611. The zero-order chi connectivity index (χ0) is 9.45. The number of ether oxygens (including phenoxy) is 1. The molecule has 0 aromatic heterocycles. The van der Waals surface area contributed by atoms with Crippen molar-refractivity contribution in [2.45, 2.75) is 31.7 Å². The van der Waals surface area contributed by atoms with Crippen LogP contribution in [0.2, 0.25) is 0 Å². The molecule has 12 heavy (non-hydrogen) atoms. The van der Waals surface area contributed by atoms with Gasteiger partial charge in [-0.15, -0.1) is 0 Å². The van der Waals surface area contributed by atoms with Gasteiger partial charge < -0.3 is 10.1 Å². The normalized spacial score (nSPS) is 15.2. The first-order chi connectivity index (χ1) is 5.68. The first kappa shape index (κ1) is 11.4. The lowest BCUT2D eigenvalue weighted by Gasteiger charge is -2.19. The smallest absolute Gasteiger partial charge is 0.103 e. The Kier molecular flexibility index (Phi) is 5.69. The van der Waals surface area contributed by atoms with Crippen molar-refractivity contribution in [3.05, 3.63) is 0 Å². The number of nitrogens with one attached hydrogen (secondary N) is 1. The third kappa shape index (κ3) is 4.32. The first-order valence-electron chi connectivity index (χ1n) is 4.27. The van der Waals surface area contributed by atoms with Crippen molar-refractivity contribution in [3.8, 4) is 6.07 Å². The molecule has 3 nitrogen and oxygen atoms in total. The van der Waals surface area contributed by atoms with Crippen LogP contribution in [-0.2, 0) is 4.74 Å². The van der Waals surface area contributed by atoms with Crippen LogP contribution in [0.4, 0.5) is 0 Å². The Morgan fingerprint density at radius 3 is 2.58 bits per heavy atom. The molecule has 1 atom stereocenters. The fraction of sp³-hybridized carbons (Fsp3) is 0.889. The van der Waals surface area contributed by atoms with E-state index < -0.39 is 0 Å². The number of rotatable bonds is 6. The van der Waals surface area contributed by atoms with Crippen molar-refractivity contribution in [3.63, 3.8) is 0 Å². The minimum absolute atomic E-state index is 0.367. The maximum atomic E-state index is 8.80. The summed E-state index contributed by atoms with van der Waals surface area (Å²) in [4.78, 5) is 0. The summed E-state index contributed by atoms with van der Waals surface area (Å²) in [6.45, 7) is 2.70. The van der Waals surface area contributed by atoms with Gasteiger partial charge in [0, 0.05) is 13.7 Å². The highest BCUT2D eigenvalue weighted by Crippen LogP contribution is 2.11. The van der Waals surface area contributed by atoms with E-state index in [9.17, 15) is 0 Å². The predicted octanol–water partition coefficient (Wildman–Crippen LogP) is 1.30. The van der Waals surface area contributed by atoms with Gasteiger partial charge in [0.1, 0.15) is 5.54 Å². The van der Waals surface area contributed by atoms with Gasteiger partial charge in [0.25, 0.3) is 0 Å². The van der Waals surface area contributed by atoms with Gasteiger partial charge in [-0.2, -0.15) is 5.26 Å². The maximum absolute atomic E-state index is 8.80.